The summed E-state index contributed by atoms with van der Waals surface area (Å²) in [5.41, 5.74) is 9.24. The maximum absolute atomic E-state index is 15.2. The van der Waals surface area contributed by atoms with E-state index in [1.54, 1.807) is 30.5 Å². The number of nitrogens with zero attached hydrogens (tertiary/aromatic N) is 2. The third-order valence-electron chi connectivity index (χ3n) is 8.80. The van der Waals surface area contributed by atoms with Crippen molar-refractivity contribution in [3.63, 3.8) is 0 Å². The Bertz CT molecular complexity index is 1810. The summed E-state index contributed by atoms with van der Waals surface area (Å²) in [6.07, 6.45) is 4.03. The van der Waals surface area contributed by atoms with E-state index in [0.717, 1.165) is 24.0 Å². The standard InChI is InChI=1S/C34H33F3N4O4/c1-17-4-7-25(35)22(9-17)30-31-24(34(3,16-44-31)28(38)15-42)12-26(41-30)23(19-5-6-19)14-40-32(43)21-10-20-8-18(2)13-39-29(20)27(11-21)45-33(36)37/h4,7-13,15,19,23,28,33H,5-6,14,16,38H2,1-3H3,(H,40,43)/t23-,28?,34-/m0/s1. The number of amides is 1. The molecule has 4 aromatic rings. The topological polar surface area (TPSA) is 116 Å². The van der Waals surface area contributed by atoms with Crippen molar-refractivity contribution in [1.82, 2.24) is 15.3 Å². The number of ether oxygens (including phenoxy) is 2. The van der Waals surface area contributed by atoms with Gasteiger partial charge in [0.15, 0.2) is 5.75 Å². The van der Waals surface area contributed by atoms with Crippen molar-refractivity contribution >= 4 is 23.1 Å². The highest BCUT2D eigenvalue weighted by Gasteiger charge is 2.45. The fourth-order valence-electron chi connectivity index (χ4n) is 6.00. The minimum atomic E-state index is -3.09. The van der Waals surface area contributed by atoms with Crippen LogP contribution in [-0.2, 0) is 10.2 Å². The Hall–Kier alpha value is -4.51. The summed E-state index contributed by atoms with van der Waals surface area (Å²) in [5.74, 6) is -0.825. The first-order chi connectivity index (χ1) is 21.5. The number of aryl methyl sites for hydroxylation is 2. The molecule has 2 aromatic carbocycles. The van der Waals surface area contributed by atoms with Gasteiger partial charge in [-0.15, -0.1) is 0 Å². The first-order valence-electron chi connectivity index (χ1n) is 14.8. The van der Waals surface area contributed by atoms with E-state index in [1.165, 1.54) is 12.1 Å². The van der Waals surface area contributed by atoms with E-state index >= 15 is 4.39 Å². The molecule has 8 nitrogen and oxygen atoms in total. The summed E-state index contributed by atoms with van der Waals surface area (Å²) in [6.45, 7) is 2.71. The number of hydrogen-bond donors (Lipinski definition) is 2. The Balaban J connectivity index is 1.38. The maximum Gasteiger partial charge on any atom is 0.387 e. The zero-order valence-electron chi connectivity index (χ0n) is 25.1. The van der Waals surface area contributed by atoms with Gasteiger partial charge in [0.25, 0.3) is 5.91 Å². The Morgan fingerprint density at radius 2 is 1.96 bits per heavy atom. The minimum Gasteiger partial charge on any atom is -0.490 e. The SMILES string of the molecule is Cc1ccc(F)c(-c2nc([C@@H](CNC(=O)c3cc(OC(F)F)c4ncc(C)cc4c3)C3CC3)cc3c2OC[C@]3(C)C(N)C=O)c1. The Morgan fingerprint density at radius 3 is 2.67 bits per heavy atom. The molecule has 1 unspecified atom stereocenters. The van der Waals surface area contributed by atoms with Gasteiger partial charge in [-0.1, -0.05) is 18.6 Å². The van der Waals surface area contributed by atoms with Crippen LogP contribution in [0.2, 0.25) is 0 Å². The number of aromatic nitrogens is 2. The molecule has 1 aliphatic heterocycles. The van der Waals surface area contributed by atoms with Crippen LogP contribution < -0.4 is 20.5 Å². The van der Waals surface area contributed by atoms with Gasteiger partial charge in [0.2, 0.25) is 0 Å². The smallest absolute Gasteiger partial charge is 0.387 e. The van der Waals surface area contributed by atoms with Gasteiger partial charge in [0, 0.05) is 46.4 Å². The molecule has 1 fully saturated rings. The number of halogens is 3. The van der Waals surface area contributed by atoms with Crippen LogP contribution in [0.4, 0.5) is 13.2 Å². The second-order valence-electron chi connectivity index (χ2n) is 12.2. The van der Waals surface area contributed by atoms with Crippen LogP contribution in [0.5, 0.6) is 11.5 Å². The highest BCUT2D eigenvalue weighted by Crippen LogP contribution is 2.49. The van der Waals surface area contributed by atoms with E-state index in [0.29, 0.717) is 34.4 Å². The van der Waals surface area contributed by atoms with Gasteiger partial charge in [0.1, 0.15) is 29.1 Å². The highest BCUT2D eigenvalue weighted by atomic mass is 19.3. The third kappa shape index (κ3) is 5.84. The number of carbonyl (C=O) groups is 2. The number of rotatable bonds is 10. The molecule has 6 rings (SSSR count). The average Bonchev–Trinajstić information content (AvgIpc) is 3.79. The molecule has 3 N–H and O–H groups in total. The van der Waals surface area contributed by atoms with Crippen LogP contribution in [0.15, 0.2) is 48.7 Å². The van der Waals surface area contributed by atoms with E-state index in [9.17, 15) is 18.4 Å². The van der Waals surface area contributed by atoms with Gasteiger partial charge in [-0.25, -0.2) is 9.37 Å². The molecule has 234 valence electrons. The predicted molar refractivity (Wildman–Crippen MR) is 162 cm³/mol. The molecule has 0 saturated heterocycles. The minimum absolute atomic E-state index is 0.123. The largest absolute Gasteiger partial charge is 0.490 e. The molecule has 0 bridgehead atoms. The van der Waals surface area contributed by atoms with Crippen molar-refractivity contribution in [1.29, 1.82) is 0 Å². The summed E-state index contributed by atoms with van der Waals surface area (Å²) in [7, 11) is 0. The van der Waals surface area contributed by atoms with Gasteiger partial charge in [-0.3, -0.25) is 9.78 Å². The molecule has 1 saturated carbocycles. The number of carbonyl (C=O) groups excluding carboxylic acids is 2. The number of benzene rings is 2. The van der Waals surface area contributed by atoms with E-state index < -0.39 is 29.8 Å². The molecular formula is C34H33F3N4O4. The molecule has 1 aliphatic carbocycles. The number of nitrogens with one attached hydrogen (secondary N) is 1. The Kier molecular flexibility index (Phi) is 7.98. The summed E-state index contributed by atoms with van der Waals surface area (Å²) in [5, 5.41) is 3.45. The van der Waals surface area contributed by atoms with Crippen molar-refractivity contribution in [3.05, 3.63) is 82.4 Å². The van der Waals surface area contributed by atoms with Crippen LogP contribution in [0, 0.1) is 25.6 Å². The molecule has 2 aromatic heterocycles. The number of aldehydes is 1. The van der Waals surface area contributed by atoms with E-state index in [1.807, 2.05) is 26.8 Å². The lowest BCUT2D eigenvalue weighted by molar-refractivity contribution is -0.110. The normalized spacial score (nSPS) is 18.8. The molecule has 3 heterocycles. The number of alkyl halides is 2. The molecule has 1 amide bonds. The van der Waals surface area contributed by atoms with Crippen LogP contribution in [0.25, 0.3) is 22.2 Å². The second-order valence-corrected chi connectivity index (χ2v) is 12.2. The quantitative estimate of drug-likeness (QED) is 0.217. The monoisotopic (exact) mass is 618 g/mol. The lowest BCUT2D eigenvalue weighted by Gasteiger charge is -2.27. The van der Waals surface area contributed by atoms with Crippen molar-refractivity contribution in [2.24, 2.45) is 11.7 Å². The van der Waals surface area contributed by atoms with Crippen molar-refractivity contribution in [3.8, 4) is 22.8 Å². The van der Waals surface area contributed by atoms with Crippen molar-refractivity contribution in [2.45, 2.75) is 57.6 Å². The molecule has 11 heteroatoms. The fourth-order valence-corrected chi connectivity index (χ4v) is 6.00. The lowest BCUT2D eigenvalue weighted by Crippen LogP contribution is -2.45. The van der Waals surface area contributed by atoms with Crippen LogP contribution >= 0.6 is 0 Å². The summed E-state index contributed by atoms with van der Waals surface area (Å²) in [6, 6.07) is 10.3. The lowest BCUT2D eigenvalue weighted by atomic mass is 9.77. The number of pyridine rings is 2. The van der Waals surface area contributed by atoms with E-state index in [2.05, 4.69) is 10.3 Å². The van der Waals surface area contributed by atoms with Crippen molar-refractivity contribution in [2.75, 3.05) is 13.2 Å². The van der Waals surface area contributed by atoms with Gasteiger partial charge < -0.3 is 25.3 Å². The van der Waals surface area contributed by atoms with Crippen LogP contribution in [0.1, 0.15) is 58.4 Å². The third-order valence-corrected chi connectivity index (χ3v) is 8.80. The van der Waals surface area contributed by atoms with Gasteiger partial charge >= 0.3 is 6.61 Å². The molecule has 0 radical (unpaired) electrons. The predicted octanol–water partition coefficient (Wildman–Crippen LogP) is 5.75. The first-order valence-corrected chi connectivity index (χ1v) is 14.8. The van der Waals surface area contributed by atoms with Gasteiger partial charge in [-0.05, 0) is 74.6 Å². The second kappa shape index (κ2) is 11.8. The maximum atomic E-state index is 15.2. The first kappa shape index (κ1) is 30.5. The summed E-state index contributed by atoms with van der Waals surface area (Å²) in [4.78, 5) is 34.4. The highest BCUT2D eigenvalue weighted by molar-refractivity contribution is 6.00. The fraction of sp³-hybridized carbons (Fsp3) is 0.353. The zero-order valence-corrected chi connectivity index (χ0v) is 25.1. The van der Waals surface area contributed by atoms with Crippen LogP contribution in [-0.4, -0.2) is 48.0 Å². The number of nitrogens with two attached hydrogens (primary N) is 1. The van der Waals surface area contributed by atoms with Gasteiger partial charge in [-0.2, -0.15) is 8.78 Å². The molecule has 45 heavy (non-hydrogen) atoms. The van der Waals surface area contributed by atoms with Crippen molar-refractivity contribution < 1.29 is 32.2 Å². The number of hydrogen-bond acceptors (Lipinski definition) is 7. The molecule has 3 atom stereocenters. The van der Waals surface area contributed by atoms with Crippen LogP contribution in [0.3, 0.4) is 0 Å². The summed E-state index contributed by atoms with van der Waals surface area (Å²) >= 11 is 0. The molecule has 0 spiro atoms. The molecular weight excluding hydrogens is 585 g/mol. The Morgan fingerprint density at radius 1 is 1.18 bits per heavy atom. The zero-order chi connectivity index (χ0) is 32.0. The average molecular weight is 619 g/mol. The Labute approximate surface area is 258 Å². The van der Waals surface area contributed by atoms with E-state index in [4.69, 9.17) is 20.2 Å². The van der Waals surface area contributed by atoms with Gasteiger partial charge in [0.05, 0.1) is 18.1 Å². The van der Waals surface area contributed by atoms with E-state index in [-0.39, 0.29) is 47.4 Å². The number of fused-ring (bicyclic) bond motifs is 2. The molecule has 2 aliphatic rings. The summed E-state index contributed by atoms with van der Waals surface area (Å²) < 4.78 is 52.4.